The van der Waals surface area contributed by atoms with Gasteiger partial charge in [-0.2, -0.15) is 4.73 Å². The van der Waals surface area contributed by atoms with Crippen molar-refractivity contribution >= 4 is 11.2 Å². The van der Waals surface area contributed by atoms with Crippen LogP contribution in [0.3, 0.4) is 0 Å². The topological polar surface area (TPSA) is 77.7 Å². The molecule has 0 aliphatic heterocycles. The van der Waals surface area contributed by atoms with Crippen molar-refractivity contribution in [1.82, 2.24) is 14.7 Å². The Kier molecular flexibility index (Phi) is 1.00. The van der Waals surface area contributed by atoms with Gasteiger partial charge in [0.1, 0.15) is 5.52 Å². The lowest BCUT2D eigenvalue weighted by molar-refractivity contribution is 0.196. The maximum Gasteiger partial charge on any atom is 0.195 e. The summed E-state index contributed by atoms with van der Waals surface area (Å²) in [5.74, 6) is 0. The van der Waals surface area contributed by atoms with Crippen LogP contribution in [0, 0.1) is 5.41 Å². The normalized spacial score (nSPS) is 10.5. The smallest absolute Gasteiger partial charge is 0.195 e. The van der Waals surface area contributed by atoms with Gasteiger partial charge < -0.3 is 10.2 Å². The van der Waals surface area contributed by atoms with Crippen molar-refractivity contribution in [2.75, 3.05) is 0 Å². The third-order valence-corrected chi connectivity index (χ3v) is 1.49. The standard InChI is InChI=1S/C6H6N4O/c7-4-1-2-10(11)6-5(4)8-3-9-6/h1-3,7,11H,(H,8,9). The first-order valence-electron chi connectivity index (χ1n) is 3.07. The van der Waals surface area contributed by atoms with Crippen LogP contribution in [0.25, 0.3) is 11.2 Å². The molecule has 0 saturated heterocycles. The van der Waals surface area contributed by atoms with Crippen LogP contribution >= 0.6 is 0 Å². The van der Waals surface area contributed by atoms with Gasteiger partial charge in [-0.1, -0.05) is 0 Å². The molecule has 3 N–H and O–H groups in total. The average Bonchev–Trinajstić information content (AvgIpc) is 2.45. The molecule has 5 heteroatoms. The van der Waals surface area contributed by atoms with E-state index in [4.69, 9.17) is 10.6 Å². The molecule has 0 unspecified atom stereocenters. The maximum atomic E-state index is 9.14. The Bertz CT molecular complexity index is 441. The van der Waals surface area contributed by atoms with Gasteiger partial charge in [0.15, 0.2) is 5.65 Å². The molecule has 0 atom stereocenters. The molecule has 0 fully saturated rings. The predicted molar refractivity (Wildman–Crippen MR) is 37.1 cm³/mol. The predicted octanol–water partition coefficient (Wildman–Crippen LogP) is 0.0812. The van der Waals surface area contributed by atoms with E-state index in [2.05, 4.69) is 9.97 Å². The molecular weight excluding hydrogens is 144 g/mol. The lowest BCUT2D eigenvalue weighted by atomic mass is 10.4. The molecule has 11 heavy (non-hydrogen) atoms. The maximum absolute atomic E-state index is 9.14. The van der Waals surface area contributed by atoms with E-state index < -0.39 is 0 Å². The number of aromatic amines is 1. The summed E-state index contributed by atoms with van der Waals surface area (Å²) in [6, 6.07) is 1.49. The van der Waals surface area contributed by atoms with Gasteiger partial charge in [0, 0.05) is 6.20 Å². The Labute approximate surface area is 61.4 Å². The number of hydrogen-bond acceptors (Lipinski definition) is 3. The molecule has 2 rings (SSSR count). The van der Waals surface area contributed by atoms with Crippen LogP contribution in [0.15, 0.2) is 18.6 Å². The molecule has 0 bridgehead atoms. The molecule has 0 aliphatic rings. The van der Waals surface area contributed by atoms with Crippen LogP contribution in [-0.4, -0.2) is 19.9 Å². The zero-order valence-electron chi connectivity index (χ0n) is 5.57. The number of H-pyrrole nitrogens is 1. The van der Waals surface area contributed by atoms with E-state index >= 15 is 0 Å². The molecule has 5 nitrogen and oxygen atoms in total. The Morgan fingerprint density at radius 3 is 3.18 bits per heavy atom. The fraction of sp³-hybridized carbons (Fsp3) is 0. The quantitative estimate of drug-likeness (QED) is 0.465. The number of imidazole rings is 1. The highest BCUT2D eigenvalue weighted by Crippen LogP contribution is 1.99. The molecule has 0 radical (unpaired) electrons. The third kappa shape index (κ3) is 0.706. The number of nitrogens with one attached hydrogen (secondary N) is 2. The van der Waals surface area contributed by atoms with E-state index in [9.17, 15) is 0 Å². The first-order chi connectivity index (χ1) is 5.29. The van der Waals surface area contributed by atoms with Crippen molar-refractivity contribution in [2.45, 2.75) is 0 Å². The molecule has 0 amide bonds. The van der Waals surface area contributed by atoms with E-state index in [0.717, 1.165) is 4.73 Å². The van der Waals surface area contributed by atoms with E-state index in [1.807, 2.05) is 0 Å². The Morgan fingerprint density at radius 2 is 2.45 bits per heavy atom. The van der Waals surface area contributed by atoms with Gasteiger partial charge in [-0.05, 0) is 6.07 Å². The average molecular weight is 150 g/mol. The lowest BCUT2D eigenvalue weighted by Gasteiger charge is -1.95. The van der Waals surface area contributed by atoms with Gasteiger partial charge in [-0.15, -0.1) is 0 Å². The summed E-state index contributed by atoms with van der Waals surface area (Å²) >= 11 is 0. The highest BCUT2D eigenvalue weighted by Gasteiger charge is 1.99. The summed E-state index contributed by atoms with van der Waals surface area (Å²) in [7, 11) is 0. The summed E-state index contributed by atoms with van der Waals surface area (Å²) in [4.78, 5) is 6.57. The second-order valence-electron chi connectivity index (χ2n) is 2.18. The third-order valence-electron chi connectivity index (χ3n) is 1.49. The number of nitrogens with zero attached hydrogens (tertiary/aromatic N) is 2. The van der Waals surface area contributed by atoms with Crippen LogP contribution in [-0.2, 0) is 0 Å². The summed E-state index contributed by atoms with van der Waals surface area (Å²) in [5, 5.41) is 16.8. The van der Waals surface area contributed by atoms with E-state index in [0.29, 0.717) is 16.5 Å². The van der Waals surface area contributed by atoms with Gasteiger partial charge in [0.2, 0.25) is 0 Å². The minimum absolute atomic E-state index is 0.322. The Hall–Kier alpha value is -1.78. The van der Waals surface area contributed by atoms with Crippen molar-refractivity contribution in [2.24, 2.45) is 0 Å². The zero-order valence-corrected chi connectivity index (χ0v) is 5.57. The van der Waals surface area contributed by atoms with E-state index in [1.54, 1.807) is 0 Å². The fourth-order valence-electron chi connectivity index (χ4n) is 0.958. The van der Waals surface area contributed by atoms with Crippen molar-refractivity contribution in [3.05, 3.63) is 23.9 Å². The first-order valence-corrected chi connectivity index (χ1v) is 3.07. The number of aromatic nitrogens is 3. The number of pyridine rings is 1. The van der Waals surface area contributed by atoms with Crippen LogP contribution < -0.4 is 5.36 Å². The highest BCUT2D eigenvalue weighted by atomic mass is 16.5. The van der Waals surface area contributed by atoms with Gasteiger partial charge in [-0.25, -0.2) is 4.98 Å². The van der Waals surface area contributed by atoms with Crippen LogP contribution in [0.1, 0.15) is 0 Å². The second-order valence-corrected chi connectivity index (χ2v) is 2.18. The minimum atomic E-state index is 0.322. The highest BCUT2D eigenvalue weighted by molar-refractivity contribution is 5.68. The van der Waals surface area contributed by atoms with Crippen LogP contribution in [0.4, 0.5) is 0 Å². The molecular formula is C6H6N4O. The number of fused-ring (bicyclic) bond motifs is 1. The number of rotatable bonds is 0. The van der Waals surface area contributed by atoms with Crippen molar-refractivity contribution in [3.8, 4) is 0 Å². The lowest BCUT2D eigenvalue weighted by Crippen LogP contribution is -2.05. The van der Waals surface area contributed by atoms with Gasteiger partial charge in [-0.3, -0.25) is 5.41 Å². The summed E-state index contributed by atoms with van der Waals surface area (Å²) in [6.45, 7) is 0. The van der Waals surface area contributed by atoms with E-state index in [-0.39, 0.29) is 0 Å². The Balaban J connectivity index is 3.08. The fourth-order valence-corrected chi connectivity index (χ4v) is 0.958. The molecule has 56 valence electrons. The van der Waals surface area contributed by atoms with Gasteiger partial charge in [0.05, 0.1) is 11.7 Å². The molecule has 2 aromatic heterocycles. The summed E-state index contributed by atoms with van der Waals surface area (Å²) in [5.41, 5.74) is 0.910. The molecule has 0 aliphatic carbocycles. The largest absolute Gasteiger partial charge is 0.427 e. The summed E-state index contributed by atoms with van der Waals surface area (Å²) < 4.78 is 0.879. The summed E-state index contributed by atoms with van der Waals surface area (Å²) in [6.07, 6.45) is 2.82. The minimum Gasteiger partial charge on any atom is -0.427 e. The van der Waals surface area contributed by atoms with Crippen molar-refractivity contribution in [1.29, 1.82) is 5.41 Å². The second kappa shape index (κ2) is 1.85. The zero-order chi connectivity index (χ0) is 7.84. The molecule has 0 aromatic carbocycles. The SMILES string of the molecule is N=c1ccn(O)c2nc[nH]c12. The monoisotopic (exact) mass is 150 g/mol. The van der Waals surface area contributed by atoms with Crippen LogP contribution in [0.2, 0.25) is 0 Å². The van der Waals surface area contributed by atoms with E-state index in [1.165, 1.54) is 18.6 Å². The molecule has 2 heterocycles. The van der Waals surface area contributed by atoms with Gasteiger partial charge >= 0.3 is 0 Å². The first kappa shape index (κ1) is 5.96. The Morgan fingerprint density at radius 1 is 1.64 bits per heavy atom. The van der Waals surface area contributed by atoms with Crippen molar-refractivity contribution in [3.63, 3.8) is 0 Å². The molecule has 0 saturated carbocycles. The van der Waals surface area contributed by atoms with Crippen LogP contribution in [0.5, 0.6) is 0 Å². The van der Waals surface area contributed by atoms with Crippen molar-refractivity contribution < 1.29 is 5.21 Å². The van der Waals surface area contributed by atoms with Gasteiger partial charge in [0.25, 0.3) is 0 Å². The number of hydrogen-bond donors (Lipinski definition) is 3. The molecule has 0 spiro atoms. The molecule has 2 aromatic rings.